The van der Waals surface area contributed by atoms with E-state index in [1.807, 2.05) is 78.9 Å². The van der Waals surface area contributed by atoms with E-state index >= 15 is 0 Å². The molecule has 4 aromatic carbocycles. The second-order valence-electron chi connectivity index (χ2n) is 9.12. The van der Waals surface area contributed by atoms with Gasteiger partial charge in [0.15, 0.2) is 17.3 Å². The molecule has 0 amide bonds. The van der Waals surface area contributed by atoms with E-state index in [1.165, 1.54) is 0 Å². The van der Waals surface area contributed by atoms with Gasteiger partial charge in [-0.1, -0.05) is 54.1 Å². The maximum atomic E-state index is 13.5. The fraction of sp³-hybridized carbons (Fsp3) is 0.152. The molecule has 40 heavy (non-hydrogen) atoms. The van der Waals surface area contributed by atoms with Crippen LogP contribution in [0, 0.1) is 0 Å². The zero-order valence-electron chi connectivity index (χ0n) is 22.2. The van der Waals surface area contributed by atoms with E-state index in [0.29, 0.717) is 17.1 Å². The third kappa shape index (κ3) is 6.19. The molecule has 0 saturated carbocycles. The molecule has 6 nitrogen and oxygen atoms in total. The van der Waals surface area contributed by atoms with Crippen LogP contribution in [0.5, 0.6) is 23.0 Å². The van der Waals surface area contributed by atoms with Gasteiger partial charge in [-0.15, -0.1) is 0 Å². The van der Waals surface area contributed by atoms with Crippen LogP contribution in [0.4, 0.5) is 0 Å². The topological polar surface area (TPSA) is 66.9 Å². The van der Waals surface area contributed by atoms with Gasteiger partial charge in [-0.05, 0) is 65.2 Å². The SMILES string of the molecule is COc1ccc(COc2ccc(C(=O)Cc3cccc4ncccc34)c(Cl)c2OCc2ccc(OC)cc2)cc1. The van der Waals surface area contributed by atoms with Crippen LogP contribution in [0.25, 0.3) is 10.9 Å². The fourth-order valence-corrected chi connectivity index (χ4v) is 4.67. The number of aromatic nitrogens is 1. The number of Topliss-reactive ketones (excluding diaryl/α,β-unsaturated/α-hetero) is 1. The minimum atomic E-state index is -0.127. The van der Waals surface area contributed by atoms with Crippen molar-refractivity contribution in [3.63, 3.8) is 0 Å². The molecule has 0 spiro atoms. The van der Waals surface area contributed by atoms with Gasteiger partial charge in [0.05, 0.1) is 24.8 Å². The predicted octanol–water partition coefficient (Wildman–Crippen LogP) is 7.49. The summed E-state index contributed by atoms with van der Waals surface area (Å²) in [6, 6.07) is 28.2. The molecule has 1 heterocycles. The number of benzene rings is 4. The van der Waals surface area contributed by atoms with Crippen molar-refractivity contribution in [3.05, 3.63) is 124 Å². The summed E-state index contributed by atoms with van der Waals surface area (Å²) in [7, 11) is 3.24. The van der Waals surface area contributed by atoms with Gasteiger partial charge in [0.1, 0.15) is 24.7 Å². The first-order valence-corrected chi connectivity index (χ1v) is 13.1. The maximum Gasteiger partial charge on any atom is 0.180 e. The van der Waals surface area contributed by atoms with Crippen molar-refractivity contribution in [1.29, 1.82) is 0 Å². The highest BCUT2D eigenvalue weighted by atomic mass is 35.5. The smallest absolute Gasteiger partial charge is 0.180 e. The molecule has 0 aliphatic heterocycles. The molecule has 0 aliphatic rings. The Morgan fingerprint density at radius 1 is 0.750 bits per heavy atom. The zero-order chi connectivity index (χ0) is 27.9. The van der Waals surface area contributed by atoms with Crippen molar-refractivity contribution in [2.45, 2.75) is 19.6 Å². The molecule has 0 N–H and O–H groups in total. The van der Waals surface area contributed by atoms with E-state index in [-0.39, 0.29) is 30.4 Å². The maximum absolute atomic E-state index is 13.5. The van der Waals surface area contributed by atoms with Crippen LogP contribution in [-0.2, 0) is 19.6 Å². The van der Waals surface area contributed by atoms with Gasteiger partial charge < -0.3 is 18.9 Å². The van der Waals surface area contributed by atoms with E-state index in [9.17, 15) is 4.79 Å². The number of ether oxygens (including phenoxy) is 4. The van der Waals surface area contributed by atoms with Gasteiger partial charge >= 0.3 is 0 Å². The number of carbonyl (C=O) groups is 1. The number of nitrogens with zero attached hydrogens (tertiary/aromatic N) is 1. The van der Waals surface area contributed by atoms with Gasteiger partial charge in [0.2, 0.25) is 0 Å². The van der Waals surface area contributed by atoms with Gasteiger partial charge in [0, 0.05) is 23.6 Å². The van der Waals surface area contributed by atoms with Crippen molar-refractivity contribution in [2.24, 2.45) is 0 Å². The number of hydrogen-bond donors (Lipinski definition) is 0. The van der Waals surface area contributed by atoms with Crippen molar-refractivity contribution >= 4 is 28.3 Å². The minimum Gasteiger partial charge on any atom is -0.497 e. The Balaban J connectivity index is 1.42. The molecule has 1 aromatic heterocycles. The summed E-state index contributed by atoms with van der Waals surface area (Å²) in [4.78, 5) is 17.9. The number of fused-ring (bicyclic) bond motifs is 1. The third-order valence-corrected chi connectivity index (χ3v) is 6.92. The van der Waals surface area contributed by atoms with Gasteiger partial charge in [-0.25, -0.2) is 0 Å². The Hall–Kier alpha value is -4.55. The average molecular weight is 554 g/mol. The molecular formula is C33H28ClNO5. The van der Waals surface area contributed by atoms with Crippen LogP contribution < -0.4 is 18.9 Å². The lowest BCUT2D eigenvalue weighted by molar-refractivity contribution is 0.0993. The molecule has 0 bridgehead atoms. The van der Waals surface area contributed by atoms with E-state index < -0.39 is 0 Å². The van der Waals surface area contributed by atoms with Crippen LogP contribution in [-0.4, -0.2) is 25.0 Å². The molecule has 202 valence electrons. The summed E-state index contributed by atoms with van der Waals surface area (Å²) in [5.41, 5.74) is 3.95. The Kier molecular flexibility index (Phi) is 8.47. The normalized spacial score (nSPS) is 10.8. The first kappa shape index (κ1) is 27.0. The van der Waals surface area contributed by atoms with Gasteiger partial charge in [-0.2, -0.15) is 0 Å². The summed E-state index contributed by atoms with van der Waals surface area (Å²) in [5.74, 6) is 2.15. The molecule has 7 heteroatoms. The number of carbonyl (C=O) groups excluding carboxylic acids is 1. The Labute approximate surface area is 238 Å². The zero-order valence-corrected chi connectivity index (χ0v) is 23.0. The van der Waals surface area contributed by atoms with E-state index in [2.05, 4.69) is 4.98 Å². The number of pyridine rings is 1. The summed E-state index contributed by atoms with van der Waals surface area (Å²) in [6.07, 6.45) is 1.91. The molecule has 0 aliphatic carbocycles. The van der Waals surface area contributed by atoms with Crippen molar-refractivity contribution in [1.82, 2.24) is 4.98 Å². The molecule has 0 fully saturated rings. The lowest BCUT2D eigenvalue weighted by Gasteiger charge is -2.17. The fourth-order valence-electron chi connectivity index (χ4n) is 4.35. The summed E-state index contributed by atoms with van der Waals surface area (Å²) < 4.78 is 22.8. The van der Waals surface area contributed by atoms with E-state index in [4.69, 9.17) is 30.5 Å². The van der Waals surface area contributed by atoms with Crippen molar-refractivity contribution in [2.75, 3.05) is 14.2 Å². The first-order valence-electron chi connectivity index (χ1n) is 12.8. The molecule has 0 atom stereocenters. The molecule has 0 radical (unpaired) electrons. The molecule has 5 aromatic rings. The second-order valence-corrected chi connectivity index (χ2v) is 9.49. The molecule has 0 unspecified atom stereocenters. The van der Waals surface area contributed by atoms with Crippen molar-refractivity contribution in [3.8, 4) is 23.0 Å². The van der Waals surface area contributed by atoms with Gasteiger partial charge in [-0.3, -0.25) is 9.78 Å². The minimum absolute atomic E-state index is 0.127. The third-order valence-electron chi connectivity index (χ3n) is 6.54. The number of rotatable bonds is 11. The second kappa shape index (κ2) is 12.5. The molecule has 5 rings (SSSR count). The number of methoxy groups -OCH3 is 2. The Bertz CT molecular complexity index is 1610. The standard InChI is InChI=1S/C33H28ClNO5/c1-37-25-12-8-22(9-13-25)20-39-31-17-16-28(30(36)19-24-5-3-7-29-27(24)6-4-18-35-29)32(34)33(31)40-21-23-10-14-26(38-2)15-11-23/h3-18H,19-21H2,1-2H3. The lowest BCUT2D eigenvalue weighted by Crippen LogP contribution is -2.08. The van der Waals surface area contributed by atoms with Gasteiger partial charge in [0.25, 0.3) is 0 Å². The summed E-state index contributed by atoms with van der Waals surface area (Å²) in [6.45, 7) is 0.519. The van der Waals surface area contributed by atoms with E-state index in [1.54, 1.807) is 32.5 Å². The summed E-state index contributed by atoms with van der Waals surface area (Å²) in [5, 5.41) is 1.15. The van der Waals surface area contributed by atoms with Crippen LogP contribution in [0.3, 0.4) is 0 Å². The molecule has 0 saturated heterocycles. The van der Waals surface area contributed by atoms with Crippen LogP contribution in [0.1, 0.15) is 27.0 Å². The predicted molar refractivity (Wildman–Crippen MR) is 156 cm³/mol. The summed E-state index contributed by atoms with van der Waals surface area (Å²) >= 11 is 6.85. The lowest BCUT2D eigenvalue weighted by atomic mass is 9.99. The number of ketones is 1. The van der Waals surface area contributed by atoms with E-state index in [0.717, 1.165) is 39.1 Å². The quantitative estimate of drug-likeness (QED) is 0.158. The Morgan fingerprint density at radius 2 is 1.40 bits per heavy atom. The molecular weight excluding hydrogens is 526 g/mol. The Morgan fingerprint density at radius 3 is 2.05 bits per heavy atom. The number of halogens is 1. The number of hydrogen-bond acceptors (Lipinski definition) is 6. The van der Waals surface area contributed by atoms with Crippen LogP contribution in [0.2, 0.25) is 5.02 Å². The van der Waals surface area contributed by atoms with Crippen molar-refractivity contribution < 1.29 is 23.7 Å². The van der Waals surface area contributed by atoms with Crippen LogP contribution >= 0.6 is 11.6 Å². The largest absolute Gasteiger partial charge is 0.497 e. The average Bonchev–Trinajstić information content (AvgIpc) is 3.00. The van der Waals surface area contributed by atoms with Crippen LogP contribution in [0.15, 0.2) is 97.2 Å². The first-order chi connectivity index (χ1) is 19.6. The highest BCUT2D eigenvalue weighted by Gasteiger charge is 2.21. The monoisotopic (exact) mass is 553 g/mol. The highest BCUT2D eigenvalue weighted by molar-refractivity contribution is 6.35. The highest BCUT2D eigenvalue weighted by Crippen LogP contribution is 2.39.